The van der Waals surface area contributed by atoms with Crippen LogP contribution in [0.1, 0.15) is 66.6 Å². The number of fused-ring (bicyclic) bond motifs is 6. The normalized spacial score (nSPS) is 11.4. The predicted molar refractivity (Wildman–Crippen MR) is 382 cm³/mol. The summed E-state index contributed by atoms with van der Waals surface area (Å²) in [6.07, 6.45) is 6.46. The Labute approximate surface area is 555 Å². The van der Waals surface area contributed by atoms with Gasteiger partial charge < -0.3 is 17.2 Å². The standard InChI is InChI=1S/C25H22N6O.C24H20N6O2.C23H19IN6O/c1-4-19-22-23(26)27-14-28-24(22)30(29-19)13-18-12-17-10-7-9-16(3)21(17)25(32)31(18)20-11-6-5-8-15(20)2;1-14-6-3-4-9-19(14)30-17(10-16-8-5-7-15(2)20(16)24(30)32)11-29-23-21(18(12-31)28-29)22(25)26-13-27-23;1-13-6-3-4-9-17(13)30-16(10-15-8-5-7-14(2)18(15)23(30)31)11-29-22-19(20(24)28-29)21(25)26-12-27-22/h4-12,14H,1,13H2,2-3H3,(H2,26,27,28);3-10,12-13H,11H2,1-2H3,(H2,25,26,27);3-10,12H,11H2,1-2H3,(H2,25,26,27). The molecule has 0 aliphatic carbocycles. The Hall–Kier alpha value is -11.9. The minimum atomic E-state index is -0.105. The fourth-order valence-electron chi connectivity index (χ4n) is 12.5. The molecule has 23 heteroatoms. The van der Waals surface area contributed by atoms with Crippen molar-refractivity contribution in [3.63, 3.8) is 0 Å². The number of carbonyl (C=O) groups is 1. The van der Waals surface area contributed by atoms with Crippen molar-refractivity contribution in [1.82, 2.24) is 72.9 Å². The molecule has 470 valence electrons. The van der Waals surface area contributed by atoms with Gasteiger partial charge in [-0.2, -0.15) is 15.3 Å². The van der Waals surface area contributed by atoms with Gasteiger partial charge in [-0.3, -0.25) is 32.9 Å². The van der Waals surface area contributed by atoms with E-state index < -0.39 is 0 Å². The SMILES string of the molecule is C=Cc1nn(Cc2cc3cccc(C)c3c(=O)n2-c2ccccc2C)c2ncnc(N)c12.Cc1ccccc1-n1c(Cn2nc(C=O)c3c(N)ncnc32)cc2cccc(C)c2c1=O.Cc1ccccc1-n1c(Cn2nc(I)c3c(N)ncnc32)cc2cccc(C)c2c1=O. The first-order valence-corrected chi connectivity index (χ1v) is 31.3. The van der Waals surface area contributed by atoms with E-state index in [0.29, 0.717) is 80.9 Å². The van der Waals surface area contributed by atoms with Crippen LogP contribution in [0.25, 0.3) is 88.6 Å². The van der Waals surface area contributed by atoms with E-state index in [-0.39, 0.29) is 34.7 Å². The number of nitrogen functional groups attached to an aromatic ring is 3. The van der Waals surface area contributed by atoms with E-state index in [4.69, 9.17) is 17.2 Å². The summed E-state index contributed by atoms with van der Waals surface area (Å²) in [5.41, 5.74) is 31.0. The minimum Gasteiger partial charge on any atom is -0.383 e. The number of benzene rings is 6. The first-order valence-electron chi connectivity index (χ1n) is 30.2. The zero-order valence-electron chi connectivity index (χ0n) is 52.5. The van der Waals surface area contributed by atoms with E-state index >= 15 is 0 Å². The zero-order valence-corrected chi connectivity index (χ0v) is 54.7. The van der Waals surface area contributed by atoms with Crippen molar-refractivity contribution in [3.05, 3.63) is 268 Å². The smallest absolute Gasteiger partial charge is 0.263 e. The molecule has 22 nitrogen and oxygen atoms in total. The predicted octanol–water partition coefficient (Wildman–Crippen LogP) is 11.2. The summed E-state index contributed by atoms with van der Waals surface area (Å²) in [4.78, 5) is 78.0. The van der Waals surface area contributed by atoms with Gasteiger partial charge >= 0.3 is 0 Å². The van der Waals surface area contributed by atoms with Gasteiger partial charge in [0.15, 0.2) is 23.2 Å². The fraction of sp³-hybridized carbons (Fsp3) is 0.125. The van der Waals surface area contributed by atoms with Gasteiger partial charge in [-0.1, -0.05) is 116 Å². The van der Waals surface area contributed by atoms with Crippen LogP contribution in [0, 0.1) is 45.2 Å². The number of halogens is 1. The highest BCUT2D eigenvalue weighted by atomic mass is 127. The van der Waals surface area contributed by atoms with Gasteiger partial charge in [-0.05, 0) is 156 Å². The second-order valence-electron chi connectivity index (χ2n) is 23.0. The van der Waals surface area contributed by atoms with Crippen LogP contribution in [0.2, 0.25) is 0 Å². The number of para-hydroxylation sites is 3. The van der Waals surface area contributed by atoms with Crippen molar-refractivity contribution in [2.75, 3.05) is 17.2 Å². The van der Waals surface area contributed by atoms with Gasteiger partial charge in [-0.15, -0.1) is 0 Å². The zero-order chi connectivity index (χ0) is 66.5. The molecule has 0 aliphatic heterocycles. The van der Waals surface area contributed by atoms with Crippen molar-refractivity contribution >= 4 is 118 Å². The maximum absolute atomic E-state index is 13.8. The van der Waals surface area contributed by atoms with E-state index in [9.17, 15) is 19.2 Å². The number of aryl methyl sites for hydroxylation is 6. The molecule has 15 aromatic rings. The number of aromatic nitrogens is 15. The molecule has 6 aromatic carbocycles. The molecule has 0 amide bonds. The largest absolute Gasteiger partial charge is 0.383 e. The molecule has 0 atom stereocenters. The second-order valence-corrected chi connectivity index (χ2v) is 24.1. The van der Waals surface area contributed by atoms with Crippen molar-refractivity contribution in [2.24, 2.45) is 0 Å². The summed E-state index contributed by atoms with van der Waals surface area (Å²) >= 11 is 2.14. The van der Waals surface area contributed by atoms with Crippen LogP contribution in [-0.4, -0.2) is 79.2 Å². The Morgan fingerprint density at radius 1 is 0.400 bits per heavy atom. The molecule has 0 bridgehead atoms. The van der Waals surface area contributed by atoms with Crippen LogP contribution < -0.4 is 33.9 Å². The Bertz CT molecular complexity index is 5580. The van der Waals surface area contributed by atoms with E-state index in [1.54, 1.807) is 33.8 Å². The number of nitrogens with two attached hydrogens (primary N) is 3. The number of hydrogen-bond donors (Lipinski definition) is 3. The lowest BCUT2D eigenvalue weighted by atomic mass is 10.1. The number of anilines is 3. The van der Waals surface area contributed by atoms with Gasteiger partial charge in [0.25, 0.3) is 16.7 Å². The van der Waals surface area contributed by atoms with Crippen molar-refractivity contribution < 1.29 is 4.79 Å². The second kappa shape index (κ2) is 25.3. The molecule has 95 heavy (non-hydrogen) atoms. The molecule has 9 aromatic heterocycles. The molecule has 0 saturated heterocycles. The summed E-state index contributed by atoms with van der Waals surface area (Å²) in [6.45, 7) is 16.6. The number of carbonyl (C=O) groups excluding carboxylic acids is 1. The monoisotopic (exact) mass is 1370 g/mol. The average molecular weight is 1370 g/mol. The summed E-state index contributed by atoms with van der Waals surface area (Å²) in [7, 11) is 0. The Morgan fingerprint density at radius 3 is 1.07 bits per heavy atom. The molecule has 0 radical (unpaired) electrons. The third-order valence-electron chi connectivity index (χ3n) is 17.0. The van der Waals surface area contributed by atoms with Crippen molar-refractivity contribution in [3.8, 4) is 17.1 Å². The number of nitrogens with zero attached hydrogens (tertiary/aromatic N) is 15. The first-order chi connectivity index (χ1) is 45.9. The number of pyridine rings is 3. The fourth-order valence-corrected chi connectivity index (χ4v) is 13.2. The van der Waals surface area contributed by atoms with Crippen LogP contribution >= 0.6 is 22.6 Å². The van der Waals surface area contributed by atoms with Gasteiger partial charge in [0.2, 0.25) is 0 Å². The van der Waals surface area contributed by atoms with E-state index in [0.717, 1.165) is 92.5 Å². The number of rotatable bonds is 11. The van der Waals surface area contributed by atoms with Crippen molar-refractivity contribution in [1.29, 1.82) is 0 Å². The van der Waals surface area contributed by atoms with Crippen LogP contribution in [0.15, 0.2) is 186 Å². The lowest BCUT2D eigenvalue weighted by Gasteiger charge is -2.17. The van der Waals surface area contributed by atoms with E-state index in [2.05, 4.69) is 80.4 Å². The van der Waals surface area contributed by atoms with Crippen LogP contribution in [-0.2, 0) is 19.6 Å². The summed E-state index contributed by atoms with van der Waals surface area (Å²) in [5.74, 6) is 0.932. The molecule has 0 unspecified atom stereocenters. The highest BCUT2D eigenvalue weighted by molar-refractivity contribution is 14.1. The minimum absolute atomic E-state index is 0.0415. The van der Waals surface area contributed by atoms with Gasteiger partial charge in [0, 0.05) is 17.1 Å². The number of aldehydes is 1. The highest BCUT2D eigenvalue weighted by Gasteiger charge is 2.23. The molecule has 0 spiro atoms. The molecule has 0 saturated carbocycles. The van der Waals surface area contributed by atoms with Crippen LogP contribution in [0.5, 0.6) is 0 Å². The van der Waals surface area contributed by atoms with Gasteiger partial charge in [0.05, 0.1) is 74.7 Å². The lowest BCUT2D eigenvalue weighted by molar-refractivity contribution is 0.111. The molecular weight excluding hydrogens is 1310 g/mol. The lowest BCUT2D eigenvalue weighted by Crippen LogP contribution is -2.25. The Kier molecular flexibility index (Phi) is 16.5. The number of hydrogen-bond acceptors (Lipinski definition) is 16. The van der Waals surface area contributed by atoms with Crippen LogP contribution in [0.3, 0.4) is 0 Å². The molecule has 0 fully saturated rings. The van der Waals surface area contributed by atoms with Gasteiger partial charge in [0.1, 0.15) is 45.8 Å². The Morgan fingerprint density at radius 2 is 0.716 bits per heavy atom. The topological polar surface area (TPSA) is 292 Å². The molecule has 0 aliphatic rings. The maximum atomic E-state index is 13.8. The maximum Gasteiger partial charge on any atom is 0.263 e. The third-order valence-corrected chi connectivity index (χ3v) is 17.7. The van der Waals surface area contributed by atoms with E-state index in [1.165, 1.54) is 19.0 Å². The molecule has 6 N–H and O–H groups in total. The molecule has 15 rings (SSSR count). The summed E-state index contributed by atoms with van der Waals surface area (Å²) in [5, 5.41) is 20.2. The summed E-state index contributed by atoms with van der Waals surface area (Å²) in [6, 6.07) is 47.2. The third kappa shape index (κ3) is 11.2. The van der Waals surface area contributed by atoms with E-state index in [1.807, 2.05) is 181 Å². The van der Waals surface area contributed by atoms with Crippen LogP contribution in [0.4, 0.5) is 17.5 Å². The first kappa shape index (κ1) is 62.0. The Balaban J connectivity index is 0.000000129. The molecule has 9 heterocycles. The quantitative estimate of drug-likeness (QED) is 0.0801. The van der Waals surface area contributed by atoms with Gasteiger partial charge in [-0.25, -0.2) is 43.9 Å². The average Bonchev–Trinajstić information content (AvgIpc) is 1.53. The molecular formula is C72H61IN18O4. The summed E-state index contributed by atoms with van der Waals surface area (Å²) < 4.78 is 11.1. The van der Waals surface area contributed by atoms with Crippen molar-refractivity contribution in [2.45, 2.75) is 61.2 Å². The highest BCUT2D eigenvalue weighted by Crippen LogP contribution is 2.30.